The Balaban J connectivity index is 1.82. The topological polar surface area (TPSA) is 91.3 Å². The number of anilines is 2. The summed E-state index contributed by atoms with van der Waals surface area (Å²) in [5.41, 5.74) is -1.03. The number of piperidine rings is 1. The van der Waals surface area contributed by atoms with Crippen molar-refractivity contribution in [2.45, 2.75) is 36.9 Å². The molecule has 3 rings (SSSR count). The van der Waals surface area contributed by atoms with E-state index >= 15 is 0 Å². The summed E-state index contributed by atoms with van der Waals surface area (Å²) in [6.07, 6.45) is -1.48. The van der Waals surface area contributed by atoms with E-state index in [1.807, 2.05) is 4.90 Å². The maximum atomic E-state index is 12.9. The van der Waals surface area contributed by atoms with Crippen molar-refractivity contribution in [2.24, 2.45) is 0 Å². The van der Waals surface area contributed by atoms with Crippen molar-refractivity contribution >= 4 is 21.9 Å². The van der Waals surface area contributed by atoms with Gasteiger partial charge in [0.05, 0.1) is 17.0 Å². The van der Waals surface area contributed by atoms with Crippen LogP contribution in [0.1, 0.15) is 30.7 Å². The quantitative estimate of drug-likeness (QED) is 0.732. The summed E-state index contributed by atoms with van der Waals surface area (Å²) in [6, 6.07) is 3.58. The fourth-order valence-corrected chi connectivity index (χ4v) is 4.02. The summed E-state index contributed by atoms with van der Waals surface area (Å²) in [7, 11) is -0.678. The molecule has 1 aromatic carbocycles. The van der Waals surface area contributed by atoms with Gasteiger partial charge >= 0.3 is 6.18 Å². The van der Waals surface area contributed by atoms with Crippen molar-refractivity contribution in [1.82, 2.24) is 19.7 Å². The Morgan fingerprint density at radius 3 is 2.43 bits per heavy atom. The van der Waals surface area contributed by atoms with Crippen molar-refractivity contribution in [3.8, 4) is 0 Å². The van der Waals surface area contributed by atoms with Crippen molar-refractivity contribution < 1.29 is 21.6 Å². The first-order valence-electron chi connectivity index (χ1n) is 9.40. The molecule has 2 aromatic rings. The van der Waals surface area contributed by atoms with E-state index in [0.717, 1.165) is 50.6 Å². The van der Waals surface area contributed by atoms with Gasteiger partial charge in [-0.25, -0.2) is 13.1 Å². The summed E-state index contributed by atoms with van der Waals surface area (Å²) in [5.74, 6) is 1.02. The molecule has 0 spiro atoms. The van der Waals surface area contributed by atoms with Gasteiger partial charge in [0.25, 0.3) is 0 Å². The Morgan fingerprint density at radius 2 is 1.80 bits per heavy atom. The van der Waals surface area contributed by atoms with Gasteiger partial charge in [-0.1, -0.05) is 6.07 Å². The van der Waals surface area contributed by atoms with E-state index in [1.54, 1.807) is 19.0 Å². The highest BCUT2D eigenvalue weighted by molar-refractivity contribution is 7.89. The highest BCUT2D eigenvalue weighted by Crippen LogP contribution is 2.30. The Morgan fingerprint density at radius 1 is 1.10 bits per heavy atom. The number of aromatic nitrogens is 3. The minimum Gasteiger partial charge on any atom is -0.347 e. The second kappa shape index (κ2) is 8.72. The first-order valence-corrected chi connectivity index (χ1v) is 10.9. The lowest BCUT2D eigenvalue weighted by Crippen LogP contribution is -2.33. The minimum absolute atomic E-state index is 0.185. The van der Waals surface area contributed by atoms with Gasteiger partial charge in [0, 0.05) is 27.2 Å². The van der Waals surface area contributed by atoms with E-state index in [-0.39, 0.29) is 12.4 Å². The van der Waals surface area contributed by atoms with Crippen LogP contribution in [0.2, 0.25) is 0 Å². The Hall–Kier alpha value is -2.47. The molecule has 0 aliphatic carbocycles. The second-order valence-corrected chi connectivity index (χ2v) is 8.91. The molecule has 1 aliphatic heterocycles. The first-order chi connectivity index (χ1) is 14.1. The number of alkyl halides is 3. The summed E-state index contributed by atoms with van der Waals surface area (Å²) in [4.78, 5) is 16.3. The number of rotatable bonds is 6. The molecule has 1 saturated heterocycles. The zero-order chi connectivity index (χ0) is 21.9. The number of hydrogen-bond donors (Lipinski definition) is 1. The van der Waals surface area contributed by atoms with E-state index in [0.29, 0.717) is 18.0 Å². The molecule has 2 heterocycles. The molecule has 164 valence electrons. The fourth-order valence-electron chi connectivity index (χ4n) is 2.99. The Labute approximate surface area is 173 Å². The monoisotopic (exact) mass is 444 g/mol. The van der Waals surface area contributed by atoms with Gasteiger partial charge in [0.2, 0.25) is 21.9 Å². The van der Waals surface area contributed by atoms with E-state index in [4.69, 9.17) is 0 Å². The van der Waals surface area contributed by atoms with Gasteiger partial charge in [0.15, 0.2) is 5.82 Å². The van der Waals surface area contributed by atoms with Crippen molar-refractivity contribution in [1.29, 1.82) is 0 Å². The predicted octanol–water partition coefficient (Wildman–Crippen LogP) is 2.43. The molecule has 1 aliphatic rings. The molecule has 0 saturated carbocycles. The number of sulfonamides is 1. The standard InChI is InChI=1S/C18H23F3N6O2S/c1-26(2)16-23-15(24-17(25-16)27-9-4-3-5-10-27)12-22-30(28,29)14-8-6-7-13(11-14)18(19,20)21/h6-8,11,22H,3-5,9-10,12H2,1-2H3. The number of benzene rings is 1. The molecule has 0 unspecified atom stereocenters. The Bertz CT molecular complexity index is 992. The highest BCUT2D eigenvalue weighted by Gasteiger charge is 2.31. The summed E-state index contributed by atoms with van der Waals surface area (Å²) >= 11 is 0. The molecule has 30 heavy (non-hydrogen) atoms. The smallest absolute Gasteiger partial charge is 0.347 e. The second-order valence-electron chi connectivity index (χ2n) is 7.14. The number of hydrogen-bond acceptors (Lipinski definition) is 7. The SMILES string of the molecule is CN(C)c1nc(CNS(=O)(=O)c2cccc(C(F)(F)F)c2)nc(N2CCCCC2)n1. The van der Waals surface area contributed by atoms with Crippen LogP contribution in [0.3, 0.4) is 0 Å². The third-order valence-electron chi connectivity index (χ3n) is 4.59. The molecule has 1 aromatic heterocycles. The minimum atomic E-state index is -4.64. The molecule has 0 bridgehead atoms. The molecule has 8 nitrogen and oxygen atoms in total. The van der Waals surface area contributed by atoms with Crippen LogP contribution in [0.25, 0.3) is 0 Å². The summed E-state index contributed by atoms with van der Waals surface area (Å²) < 4.78 is 66.0. The molecule has 0 radical (unpaired) electrons. The van der Waals surface area contributed by atoms with E-state index in [9.17, 15) is 21.6 Å². The van der Waals surface area contributed by atoms with Crippen LogP contribution in [-0.4, -0.2) is 50.6 Å². The molecule has 0 amide bonds. The number of nitrogens with zero attached hydrogens (tertiary/aromatic N) is 5. The zero-order valence-electron chi connectivity index (χ0n) is 16.6. The van der Waals surface area contributed by atoms with Crippen molar-refractivity contribution in [2.75, 3.05) is 37.0 Å². The van der Waals surface area contributed by atoms with E-state index < -0.39 is 26.7 Å². The van der Waals surface area contributed by atoms with Crippen LogP contribution in [-0.2, 0) is 22.7 Å². The van der Waals surface area contributed by atoms with Gasteiger partial charge in [-0.3, -0.25) is 0 Å². The molecular formula is C18H23F3N6O2S. The van der Waals surface area contributed by atoms with Crippen molar-refractivity contribution in [3.05, 3.63) is 35.7 Å². The largest absolute Gasteiger partial charge is 0.416 e. The van der Waals surface area contributed by atoms with Crippen LogP contribution in [0.15, 0.2) is 29.2 Å². The van der Waals surface area contributed by atoms with Gasteiger partial charge in [-0.2, -0.15) is 28.1 Å². The maximum absolute atomic E-state index is 12.9. The van der Waals surface area contributed by atoms with Crippen LogP contribution in [0.4, 0.5) is 25.1 Å². The summed E-state index contributed by atoms with van der Waals surface area (Å²) in [6.45, 7) is 1.32. The zero-order valence-corrected chi connectivity index (χ0v) is 17.5. The Kier molecular flexibility index (Phi) is 6.46. The molecule has 1 N–H and O–H groups in total. The predicted molar refractivity (Wildman–Crippen MR) is 106 cm³/mol. The molecule has 12 heteroatoms. The lowest BCUT2D eigenvalue weighted by molar-refractivity contribution is -0.137. The van der Waals surface area contributed by atoms with Crippen LogP contribution >= 0.6 is 0 Å². The van der Waals surface area contributed by atoms with Gasteiger partial charge in [0.1, 0.15) is 0 Å². The maximum Gasteiger partial charge on any atom is 0.416 e. The molecule has 0 atom stereocenters. The molecular weight excluding hydrogens is 421 g/mol. The van der Waals surface area contributed by atoms with Gasteiger partial charge in [-0.05, 0) is 37.5 Å². The average molecular weight is 444 g/mol. The summed E-state index contributed by atoms with van der Waals surface area (Å²) in [5, 5.41) is 0. The average Bonchev–Trinajstić information content (AvgIpc) is 2.72. The van der Waals surface area contributed by atoms with Crippen LogP contribution in [0.5, 0.6) is 0 Å². The first kappa shape index (κ1) is 22.2. The van der Waals surface area contributed by atoms with Crippen LogP contribution in [0, 0.1) is 0 Å². The van der Waals surface area contributed by atoms with Gasteiger partial charge < -0.3 is 9.80 Å². The lowest BCUT2D eigenvalue weighted by atomic mass is 10.1. The highest BCUT2D eigenvalue weighted by atomic mass is 32.2. The van der Waals surface area contributed by atoms with E-state index in [1.165, 1.54) is 0 Å². The third kappa shape index (κ3) is 5.36. The van der Waals surface area contributed by atoms with Crippen molar-refractivity contribution in [3.63, 3.8) is 0 Å². The van der Waals surface area contributed by atoms with Gasteiger partial charge in [-0.15, -0.1) is 0 Å². The molecule has 1 fully saturated rings. The number of halogens is 3. The van der Waals surface area contributed by atoms with Crippen LogP contribution < -0.4 is 14.5 Å². The normalized spacial score (nSPS) is 15.3. The fraction of sp³-hybridized carbons (Fsp3) is 0.500. The lowest BCUT2D eigenvalue weighted by Gasteiger charge is -2.27. The van der Waals surface area contributed by atoms with E-state index in [2.05, 4.69) is 19.7 Å². The number of nitrogens with one attached hydrogen (secondary N) is 1. The third-order valence-corrected chi connectivity index (χ3v) is 5.99.